The molecule has 17 heavy (non-hydrogen) atoms. The Balaban J connectivity index is 2.73. The normalized spacial score (nSPS) is 10.1. The van der Waals surface area contributed by atoms with Crippen molar-refractivity contribution in [2.75, 3.05) is 37.0 Å². The van der Waals surface area contributed by atoms with Gasteiger partial charge in [0.2, 0.25) is 11.9 Å². The predicted molar refractivity (Wildman–Crippen MR) is 68.1 cm³/mol. The zero-order valence-corrected chi connectivity index (χ0v) is 10.6. The van der Waals surface area contributed by atoms with Crippen molar-refractivity contribution in [2.45, 2.75) is 13.3 Å². The van der Waals surface area contributed by atoms with E-state index in [1.807, 2.05) is 30.0 Å². The Kier molecular flexibility index (Phi) is 4.68. The average molecular weight is 237 g/mol. The maximum atomic E-state index is 10.7. The summed E-state index contributed by atoms with van der Waals surface area (Å²) in [6.45, 7) is 3.45. The third-order valence-electron chi connectivity index (χ3n) is 2.53. The SMILES string of the molecule is CCN(C)c1ccnc(N(C)CCC(N)=O)n1. The van der Waals surface area contributed by atoms with Crippen LogP contribution in [0.4, 0.5) is 11.8 Å². The van der Waals surface area contributed by atoms with Gasteiger partial charge in [-0.3, -0.25) is 4.79 Å². The molecule has 6 heteroatoms. The number of anilines is 2. The number of carbonyl (C=O) groups excluding carboxylic acids is 1. The van der Waals surface area contributed by atoms with Crippen molar-refractivity contribution in [1.82, 2.24) is 9.97 Å². The van der Waals surface area contributed by atoms with E-state index in [-0.39, 0.29) is 5.91 Å². The van der Waals surface area contributed by atoms with Gasteiger partial charge >= 0.3 is 0 Å². The molecule has 0 saturated carbocycles. The Hall–Kier alpha value is -1.85. The topological polar surface area (TPSA) is 75.3 Å². The molecule has 0 aliphatic rings. The Bertz CT molecular complexity index is 382. The summed E-state index contributed by atoms with van der Waals surface area (Å²) in [6, 6.07) is 1.86. The summed E-state index contributed by atoms with van der Waals surface area (Å²) in [5.74, 6) is 1.14. The molecule has 0 bridgehead atoms. The fourth-order valence-electron chi connectivity index (χ4n) is 1.28. The van der Waals surface area contributed by atoms with Crippen LogP contribution < -0.4 is 15.5 Å². The van der Waals surface area contributed by atoms with Gasteiger partial charge in [0.15, 0.2) is 0 Å². The minimum atomic E-state index is -0.321. The molecule has 0 atom stereocenters. The highest BCUT2D eigenvalue weighted by atomic mass is 16.1. The molecule has 1 amide bonds. The summed E-state index contributed by atoms with van der Waals surface area (Å²) in [5.41, 5.74) is 5.10. The van der Waals surface area contributed by atoms with Gasteiger partial charge in [-0.1, -0.05) is 0 Å². The monoisotopic (exact) mass is 237 g/mol. The van der Waals surface area contributed by atoms with Crippen LogP contribution in [-0.2, 0) is 4.79 Å². The second-order valence-electron chi connectivity index (χ2n) is 3.87. The van der Waals surface area contributed by atoms with Crippen LogP contribution >= 0.6 is 0 Å². The van der Waals surface area contributed by atoms with Crippen molar-refractivity contribution in [3.63, 3.8) is 0 Å². The Labute approximate surface area is 101 Å². The summed E-state index contributed by atoms with van der Waals surface area (Å²) in [6.07, 6.45) is 2.01. The van der Waals surface area contributed by atoms with E-state index in [1.54, 1.807) is 6.20 Å². The van der Waals surface area contributed by atoms with Crippen LogP contribution in [0.2, 0.25) is 0 Å². The number of nitrogens with two attached hydrogens (primary N) is 1. The lowest BCUT2D eigenvalue weighted by molar-refractivity contribution is -0.117. The van der Waals surface area contributed by atoms with E-state index in [0.29, 0.717) is 18.9 Å². The molecule has 2 N–H and O–H groups in total. The van der Waals surface area contributed by atoms with Crippen LogP contribution in [0.1, 0.15) is 13.3 Å². The molecule has 1 rings (SSSR count). The van der Waals surface area contributed by atoms with Crippen LogP contribution in [0, 0.1) is 0 Å². The van der Waals surface area contributed by atoms with Gasteiger partial charge in [0.25, 0.3) is 0 Å². The number of hydrogen-bond donors (Lipinski definition) is 1. The molecule has 0 fully saturated rings. The second kappa shape index (κ2) is 6.03. The number of hydrogen-bond acceptors (Lipinski definition) is 5. The summed E-state index contributed by atoms with van der Waals surface area (Å²) in [5, 5.41) is 0. The van der Waals surface area contributed by atoms with Crippen molar-refractivity contribution in [3.8, 4) is 0 Å². The van der Waals surface area contributed by atoms with E-state index in [2.05, 4.69) is 16.9 Å². The predicted octanol–water partition coefficient (Wildman–Crippen LogP) is 0.244. The van der Waals surface area contributed by atoms with Crippen molar-refractivity contribution in [1.29, 1.82) is 0 Å². The molecule has 6 nitrogen and oxygen atoms in total. The van der Waals surface area contributed by atoms with Gasteiger partial charge < -0.3 is 15.5 Å². The molecule has 94 valence electrons. The first-order valence-corrected chi connectivity index (χ1v) is 5.58. The quantitative estimate of drug-likeness (QED) is 0.767. The minimum absolute atomic E-state index is 0.299. The highest BCUT2D eigenvalue weighted by Crippen LogP contribution is 2.12. The van der Waals surface area contributed by atoms with Crippen LogP contribution in [0.5, 0.6) is 0 Å². The molecule has 1 heterocycles. The Morgan fingerprint density at radius 3 is 2.71 bits per heavy atom. The Morgan fingerprint density at radius 1 is 1.41 bits per heavy atom. The molecule has 0 aliphatic carbocycles. The van der Waals surface area contributed by atoms with Gasteiger partial charge in [-0.15, -0.1) is 0 Å². The molecular formula is C11H19N5O. The van der Waals surface area contributed by atoms with Crippen molar-refractivity contribution >= 4 is 17.7 Å². The standard InChI is InChI=1S/C11H19N5O/c1-4-15(2)10-5-7-13-11(14-10)16(3)8-6-9(12)17/h5,7H,4,6,8H2,1-3H3,(H2,12,17). The zero-order chi connectivity index (χ0) is 12.8. The average Bonchev–Trinajstić information content (AvgIpc) is 2.35. The number of aromatic nitrogens is 2. The number of carbonyl (C=O) groups is 1. The van der Waals surface area contributed by atoms with Gasteiger partial charge in [0, 0.05) is 39.8 Å². The molecule has 1 aromatic rings. The van der Waals surface area contributed by atoms with E-state index in [4.69, 9.17) is 5.73 Å². The first-order chi connectivity index (χ1) is 8.04. The van der Waals surface area contributed by atoms with Gasteiger partial charge in [-0.25, -0.2) is 4.98 Å². The summed E-state index contributed by atoms with van der Waals surface area (Å²) < 4.78 is 0. The summed E-state index contributed by atoms with van der Waals surface area (Å²) in [4.78, 5) is 23.1. The van der Waals surface area contributed by atoms with Gasteiger partial charge in [-0.05, 0) is 13.0 Å². The third-order valence-corrected chi connectivity index (χ3v) is 2.53. The lowest BCUT2D eigenvalue weighted by Gasteiger charge is -2.20. The van der Waals surface area contributed by atoms with Crippen molar-refractivity contribution < 1.29 is 4.79 Å². The molecular weight excluding hydrogens is 218 g/mol. The van der Waals surface area contributed by atoms with Gasteiger partial charge in [0.05, 0.1) is 0 Å². The third kappa shape index (κ3) is 3.90. The minimum Gasteiger partial charge on any atom is -0.370 e. The van der Waals surface area contributed by atoms with E-state index in [9.17, 15) is 4.79 Å². The van der Waals surface area contributed by atoms with E-state index in [0.717, 1.165) is 12.4 Å². The molecule has 0 unspecified atom stereocenters. The first kappa shape index (κ1) is 13.2. The molecule has 0 aliphatic heterocycles. The number of rotatable bonds is 6. The van der Waals surface area contributed by atoms with Crippen molar-refractivity contribution in [3.05, 3.63) is 12.3 Å². The highest BCUT2D eigenvalue weighted by Gasteiger charge is 2.08. The number of amides is 1. The number of nitrogens with zero attached hydrogens (tertiary/aromatic N) is 4. The maximum Gasteiger partial charge on any atom is 0.227 e. The van der Waals surface area contributed by atoms with Crippen LogP contribution in [0.3, 0.4) is 0 Å². The van der Waals surface area contributed by atoms with Crippen LogP contribution in [-0.4, -0.2) is 43.1 Å². The molecule has 0 spiro atoms. The molecule has 0 aromatic carbocycles. The van der Waals surface area contributed by atoms with E-state index >= 15 is 0 Å². The summed E-state index contributed by atoms with van der Waals surface area (Å²) >= 11 is 0. The lowest BCUT2D eigenvalue weighted by atomic mass is 10.4. The van der Waals surface area contributed by atoms with E-state index in [1.165, 1.54) is 0 Å². The van der Waals surface area contributed by atoms with Crippen LogP contribution in [0.25, 0.3) is 0 Å². The van der Waals surface area contributed by atoms with Crippen LogP contribution in [0.15, 0.2) is 12.3 Å². The smallest absolute Gasteiger partial charge is 0.227 e. The molecule has 0 radical (unpaired) electrons. The number of primary amides is 1. The molecule has 1 aromatic heterocycles. The fraction of sp³-hybridized carbons (Fsp3) is 0.545. The largest absolute Gasteiger partial charge is 0.370 e. The lowest BCUT2D eigenvalue weighted by Crippen LogP contribution is -2.26. The molecule has 0 saturated heterocycles. The van der Waals surface area contributed by atoms with Gasteiger partial charge in [-0.2, -0.15) is 4.98 Å². The van der Waals surface area contributed by atoms with E-state index < -0.39 is 0 Å². The second-order valence-corrected chi connectivity index (χ2v) is 3.87. The maximum absolute atomic E-state index is 10.7. The summed E-state index contributed by atoms with van der Waals surface area (Å²) in [7, 11) is 3.81. The first-order valence-electron chi connectivity index (χ1n) is 5.58. The zero-order valence-electron chi connectivity index (χ0n) is 10.6. The Morgan fingerprint density at radius 2 is 2.12 bits per heavy atom. The highest BCUT2D eigenvalue weighted by molar-refractivity contribution is 5.74. The fourth-order valence-corrected chi connectivity index (χ4v) is 1.28. The van der Waals surface area contributed by atoms with Crippen molar-refractivity contribution in [2.24, 2.45) is 5.73 Å². The van der Waals surface area contributed by atoms with Gasteiger partial charge in [0.1, 0.15) is 5.82 Å².